The number of amides is 1. The summed E-state index contributed by atoms with van der Waals surface area (Å²) in [4.78, 5) is 22.1. The van der Waals surface area contributed by atoms with Gasteiger partial charge in [-0.15, -0.1) is 0 Å². The van der Waals surface area contributed by atoms with E-state index in [1.165, 1.54) is 4.90 Å². The van der Waals surface area contributed by atoms with Crippen molar-refractivity contribution in [2.45, 2.75) is 6.92 Å². The van der Waals surface area contributed by atoms with Crippen LogP contribution in [0.25, 0.3) is 11.3 Å². The van der Waals surface area contributed by atoms with Gasteiger partial charge in [-0.2, -0.15) is 0 Å². The van der Waals surface area contributed by atoms with Gasteiger partial charge in [0.05, 0.1) is 17.0 Å². The van der Waals surface area contributed by atoms with Crippen molar-refractivity contribution in [3.63, 3.8) is 0 Å². The minimum atomic E-state index is -0.210. The molecule has 0 aliphatic carbocycles. The Labute approximate surface area is 132 Å². The predicted octanol–water partition coefficient (Wildman–Crippen LogP) is 3.04. The Hall–Kier alpha value is -1.85. The highest BCUT2D eigenvalue weighted by molar-refractivity contribution is 6.35. The van der Waals surface area contributed by atoms with Crippen LogP contribution in [0.4, 0.5) is 5.95 Å². The number of anilines is 1. The van der Waals surface area contributed by atoms with Crippen molar-refractivity contribution in [3.8, 4) is 11.3 Å². The molecule has 0 aliphatic heterocycles. The van der Waals surface area contributed by atoms with E-state index in [0.717, 1.165) is 0 Å². The summed E-state index contributed by atoms with van der Waals surface area (Å²) in [5, 5.41) is 0.908. The second-order valence-corrected chi connectivity index (χ2v) is 5.62. The molecule has 1 aromatic carbocycles. The maximum Gasteiger partial charge on any atom is 0.257 e. The van der Waals surface area contributed by atoms with Crippen molar-refractivity contribution < 1.29 is 4.79 Å². The topological polar surface area (TPSA) is 72.1 Å². The summed E-state index contributed by atoms with van der Waals surface area (Å²) in [5.41, 5.74) is 7.63. The number of nitrogen functional groups attached to an aromatic ring is 1. The molecule has 1 aromatic heterocycles. The van der Waals surface area contributed by atoms with Gasteiger partial charge in [0, 0.05) is 29.7 Å². The van der Waals surface area contributed by atoms with E-state index in [0.29, 0.717) is 32.6 Å². The molecule has 0 atom stereocenters. The fourth-order valence-corrected chi connectivity index (χ4v) is 2.50. The van der Waals surface area contributed by atoms with Crippen molar-refractivity contribution in [1.29, 1.82) is 0 Å². The van der Waals surface area contributed by atoms with E-state index in [1.807, 2.05) is 0 Å². The molecule has 2 aromatic rings. The molecule has 0 saturated heterocycles. The monoisotopic (exact) mass is 324 g/mol. The Bertz CT molecular complexity index is 696. The molecule has 0 spiro atoms. The number of nitrogens with two attached hydrogens (primary N) is 1. The predicted molar refractivity (Wildman–Crippen MR) is 84.7 cm³/mol. The number of hydrogen-bond donors (Lipinski definition) is 1. The molecule has 2 N–H and O–H groups in total. The summed E-state index contributed by atoms with van der Waals surface area (Å²) in [6, 6.07) is 4.97. The molecule has 5 nitrogen and oxygen atoms in total. The number of hydrogen-bond acceptors (Lipinski definition) is 4. The van der Waals surface area contributed by atoms with Crippen molar-refractivity contribution in [2.75, 3.05) is 19.8 Å². The molecule has 0 unspecified atom stereocenters. The molecular weight excluding hydrogens is 311 g/mol. The van der Waals surface area contributed by atoms with E-state index in [1.54, 1.807) is 39.2 Å². The van der Waals surface area contributed by atoms with Crippen LogP contribution in [0.3, 0.4) is 0 Å². The second kappa shape index (κ2) is 5.87. The minimum Gasteiger partial charge on any atom is -0.368 e. The summed E-state index contributed by atoms with van der Waals surface area (Å²) >= 11 is 12.0. The number of aromatic nitrogens is 2. The van der Waals surface area contributed by atoms with Gasteiger partial charge in [-0.1, -0.05) is 23.2 Å². The summed E-state index contributed by atoms with van der Waals surface area (Å²) in [5.74, 6) is -0.118. The number of halogens is 2. The highest BCUT2D eigenvalue weighted by atomic mass is 35.5. The lowest BCUT2D eigenvalue weighted by atomic mass is 10.0. The van der Waals surface area contributed by atoms with Crippen LogP contribution >= 0.6 is 23.2 Å². The number of benzene rings is 1. The normalized spacial score (nSPS) is 10.5. The summed E-state index contributed by atoms with van der Waals surface area (Å²) < 4.78 is 0. The Morgan fingerprint density at radius 3 is 2.24 bits per heavy atom. The number of rotatable bonds is 2. The average molecular weight is 325 g/mol. The third-order valence-corrected chi connectivity index (χ3v) is 3.30. The van der Waals surface area contributed by atoms with Crippen LogP contribution in [0.1, 0.15) is 16.1 Å². The number of carbonyl (C=O) groups excluding carboxylic acids is 1. The van der Waals surface area contributed by atoms with Gasteiger partial charge in [0.15, 0.2) is 0 Å². The van der Waals surface area contributed by atoms with E-state index in [4.69, 9.17) is 28.9 Å². The molecule has 0 aliphatic rings. The first kappa shape index (κ1) is 15.5. The Balaban J connectivity index is 2.75. The lowest BCUT2D eigenvalue weighted by Crippen LogP contribution is -2.24. The standard InChI is InChI=1S/C14H14Cl2N4O/c1-7-11(13(21)20(2)3)12(19-14(17)18-7)8-4-9(15)6-10(16)5-8/h4-6H,1-3H3,(H2,17,18,19). The van der Waals surface area contributed by atoms with Crippen LogP contribution in [-0.4, -0.2) is 34.9 Å². The molecule has 1 amide bonds. The van der Waals surface area contributed by atoms with Crippen molar-refractivity contribution in [2.24, 2.45) is 0 Å². The van der Waals surface area contributed by atoms with Crippen LogP contribution in [0, 0.1) is 6.92 Å². The molecular formula is C14H14Cl2N4O. The summed E-state index contributed by atoms with van der Waals surface area (Å²) in [6.07, 6.45) is 0. The smallest absolute Gasteiger partial charge is 0.257 e. The first-order chi connectivity index (χ1) is 9.79. The number of carbonyl (C=O) groups is 1. The zero-order valence-electron chi connectivity index (χ0n) is 11.8. The van der Waals surface area contributed by atoms with E-state index < -0.39 is 0 Å². The lowest BCUT2D eigenvalue weighted by molar-refractivity contribution is 0.0827. The zero-order valence-corrected chi connectivity index (χ0v) is 13.3. The molecule has 2 rings (SSSR count). The SMILES string of the molecule is Cc1nc(N)nc(-c2cc(Cl)cc(Cl)c2)c1C(=O)N(C)C. The van der Waals surface area contributed by atoms with E-state index in [-0.39, 0.29) is 11.9 Å². The molecule has 0 fully saturated rings. The van der Waals surface area contributed by atoms with Crippen LogP contribution in [-0.2, 0) is 0 Å². The lowest BCUT2D eigenvalue weighted by Gasteiger charge is -2.16. The maximum atomic E-state index is 12.4. The Morgan fingerprint density at radius 2 is 1.71 bits per heavy atom. The van der Waals surface area contributed by atoms with Gasteiger partial charge in [-0.25, -0.2) is 9.97 Å². The fourth-order valence-electron chi connectivity index (χ4n) is 1.97. The Kier molecular flexibility index (Phi) is 4.34. The maximum absolute atomic E-state index is 12.4. The third kappa shape index (κ3) is 3.25. The van der Waals surface area contributed by atoms with Crippen molar-refractivity contribution in [1.82, 2.24) is 14.9 Å². The molecule has 21 heavy (non-hydrogen) atoms. The highest BCUT2D eigenvalue weighted by Gasteiger charge is 2.21. The Morgan fingerprint density at radius 1 is 1.14 bits per heavy atom. The van der Waals surface area contributed by atoms with Gasteiger partial charge in [0.1, 0.15) is 0 Å². The van der Waals surface area contributed by atoms with Gasteiger partial charge in [-0.05, 0) is 25.1 Å². The van der Waals surface area contributed by atoms with Gasteiger partial charge >= 0.3 is 0 Å². The first-order valence-electron chi connectivity index (χ1n) is 6.12. The number of nitrogens with zero attached hydrogens (tertiary/aromatic N) is 3. The first-order valence-corrected chi connectivity index (χ1v) is 6.87. The molecule has 0 saturated carbocycles. The summed E-state index contributed by atoms with van der Waals surface area (Å²) in [7, 11) is 3.32. The molecule has 0 bridgehead atoms. The largest absolute Gasteiger partial charge is 0.368 e. The van der Waals surface area contributed by atoms with Gasteiger partial charge in [-0.3, -0.25) is 4.79 Å². The van der Waals surface area contributed by atoms with Gasteiger partial charge in [0.2, 0.25) is 5.95 Å². The van der Waals surface area contributed by atoms with Crippen LogP contribution < -0.4 is 5.73 Å². The minimum absolute atomic E-state index is 0.0916. The quantitative estimate of drug-likeness (QED) is 0.921. The number of aryl methyl sites for hydroxylation is 1. The van der Waals surface area contributed by atoms with Gasteiger partial charge < -0.3 is 10.6 Å². The highest BCUT2D eigenvalue weighted by Crippen LogP contribution is 2.30. The molecule has 0 radical (unpaired) electrons. The van der Waals surface area contributed by atoms with E-state index >= 15 is 0 Å². The van der Waals surface area contributed by atoms with Crippen LogP contribution in [0.15, 0.2) is 18.2 Å². The van der Waals surface area contributed by atoms with Crippen molar-refractivity contribution in [3.05, 3.63) is 39.5 Å². The summed E-state index contributed by atoms with van der Waals surface area (Å²) in [6.45, 7) is 1.71. The van der Waals surface area contributed by atoms with E-state index in [2.05, 4.69) is 9.97 Å². The van der Waals surface area contributed by atoms with Crippen LogP contribution in [0.5, 0.6) is 0 Å². The average Bonchev–Trinajstić information content (AvgIpc) is 2.35. The fraction of sp³-hybridized carbons (Fsp3) is 0.214. The molecule has 7 heteroatoms. The zero-order chi connectivity index (χ0) is 15.7. The van der Waals surface area contributed by atoms with Crippen molar-refractivity contribution >= 4 is 35.1 Å². The molecule has 1 heterocycles. The van der Waals surface area contributed by atoms with Gasteiger partial charge in [0.25, 0.3) is 5.91 Å². The van der Waals surface area contributed by atoms with Crippen LogP contribution in [0.2, 0.25) is 10.0 Å². The second-order valence-electron chi connectivity index (χ2n) is 4.75. The van der Waals surface area contributed by atoms with E-state index in [9.17, 15) is 4.79 Å². The third-order valence-electron chi connectivity index (χ3n) is 2.86. The molecule has 110 valence electrons.